The highest BCUT2D eigenvalue weighted by Crippen LogP contribution is 2.38. The summed E-state index contributed by atoms with van der Waals surface area (Å²) in [6, 6.07) is 8.52. The van der Waals surface area contributed by atoms with E-state index in [0.29, 0.717) is 4.83 Å². The van der Waals surface area contributed by atoms with Crippen molar-refractivity contribution in [1.29, 1.82) is 0 Å². The molecule has 2 rings (SSSR count). The molecule has 0 saturated heterocycles. The summed E-state index contributed by atoms with van der Waals surface area (Å²) in [6.45, 7) is 2.82. The van der Waals surface area contributed by atoms with Crippen LogP contribution in [0.15, 0.2) is 24.3 Å². The molecule has 2 atom stereocenters. The van der Waals surface area contributed by atoms with Crippen LogP contribution in [0.5, 0.6) is 0 Å². The lowest BCUT2D eigenvalue weighted by molar-refractivity contribution is 0.0692. The number of halogens is 1. The van der Waals surface area contributed by atoms with Gasteiger partial charge in [-0.1, -0.05) is 40.2 Å². The minimum absolute atomic E-state index is 0.251. The van der Waals surface area contributed by atoms with Gasteiger partial charge in [0.1, 0.15) is 0 Å². The molecule has 0 saturated carbocycles. The first-order valence-electron chi connectivity index (χ1n) is 4.66. The van der Waals surface area contributed by atoms with Crippen LogP contribution in [0, 0.1) is 0 Å². The molecule has 0 spiro atoms. The molecule has 1 aliphatic rings. The van der Waals surface area contributed by atoms with Gasteiger partial charge in [-0.2, -0.15) is 0 Å². The zero-order chi connectivity index (χ0) is 9.26. The Morgan fingerprint density at radius 1 is 1.46 bits per heavy atom. The molecule has 0 heterocycles. The van der Waals surface area contributed by atoms with Crippen molar-refractivity contribution in [3.05, 3.63) is 35.4 Å². The topological polar surface area (TPSA) is 9.23 Å². The van der Waals surface area contributed by atoms with E-state index in [1.807, 2.05) is 6.92 Å². The maximum atomic E-state index is 5.69. The fraction of sp³-hybridized carbons (Fsp3) is 0.455. The van der Waals surface area contributed by atoms with Gasteiger partial charge in [0, 0.05) is 11.4 Å². The predicted molar refractivity (Wildman–Crippen MR) is 57.2 cm³/mol. The molecule has 70 valence electrons. The molecule has 2 heteroatoms. The van der Waals surface area contributed by atoms with Crippen molar-refractivity contribution in [2.45, 2.75) is 24.3 Å². The lowest BCUT2D eigenvalue weighted by Crippen LogP contribution is -2.10. The number of ether oxygens (including phenoxy) is 1. The Morgan fingerprint density at radius 2 is 2.23 bits per heavy atom. The van der Waals surface area contributed by atoms with Crippen molar-refractivity contribution in [2.75, 3.05) is 6.61 Å². The monoisotopic (exact) mass is 240 g/mol. The van der Waals surface area contributed by atoms with Crippen LogP contribution in [-0.2, 0) is 11.2 Å². The first-order chi connectivity index (χ1) is 6.33. The van der Waals surface area contributed by atoms with E-state index in [-0.39, 0.29) is 6.10 Å². The third-order valence-corrected chi connectivity index (χ3v) is 3.26. The van der Waals surface area contributed by atoms with E-state index in [2.05, 4.69) is 40.2 Å². The molecule has 1 nitrogen and oxygen atoms in total. The number of hydrogen-bond donors (Lipinski definition) is 0. The smallest absolute Gasteiger partial charge is 0.0955 e. The molecule has 0 aromatic heterocycles. The molecular formula is C11H13BrO. The summed E-state index contributed by atoms with van der Waals surface area (Å²) in [5.41, 5.74) is 2.77. The van der Waals surface area contributed by atoms with E-state index in [4.69, 9.17) is 4.74 Å². The van der Waals surface area contributed by atoms with E-state index in [1.165, 1.54) is 11.1 Å². The third-order valence-electron chi connectivity index (χ3n) is 2.45. The van der Waals surface area contributed by atoms with Gasteiger partial charge in [0.15, 0.2) is 0 Å². The molecule has 1 aliphatic carbocycles. The number of fused-ring (bicyclic) bond motifs is 1. The van der Waals surface area contributed by atoms with E-state index in [9.17, 15) is 0 Å². The molecule has 1 aromatic rings. The molecule has 0 aliphatic heterocycles. The first kappa shape index (κ1) is 9.22. The van der Waals surface area contributed by atoms with Gasteiger partial charge in [0.2, 0.25) is 0 Å². The molecule has 0 bridgehead atoms. The largest absolute Gasteiger partial charge is 0.373 e. The van der Waals surface area contributed by atoms with Crippen molar-refractivity contribution in [1.82, 2.24) is 0 Å². The summed E-state index contributed by atoms with van der Waals surface area (Å²) in [5.74, 6) is 0. The Morgan fingerprint density at radius 3 is 3.00 bits per heavy atom. The van der Waals surface area contributed by atoms with Gasteiger partial charge in [-0.15, -0.1) is 0 Å². The standard InChI is InChI=1S/C11H13BrO/c1-2-13-11-9-6-4-3-5-8(9)7-10(11)12/h3-6,10-11H,2,7H2,1H3/t10-,11-/m0/s1. The van der Waals surface area contributed by atoms with Gasteiger partial charge in [0.25, 0.3) is 0 Å². The van der Waals surface area contributed by atoms with Crippen LogP contribution in [0.4, 0.5) is 0 Å². The van der Waals surface area contributed by atoms with E-state index in [1.54, 1.807) is 0 Å². The van der Waals surface area contributed by atoms with Crippen molar-refractivity contribution in [3.63, 3.8) is 0 Å². The van der Waals surface area contributed by atoms with Crippen LogP contribution in [0.25, 0.3) is 0 Å². The average Bonchev–Trinajstić information content (AvgIpc) is 2.44. The lowest BCUT2D eigenvalue weighted by Gasteiger charge is -2.14. The van der Waals surface area contributed by atoms with Crippen LogP contribution in [0.2, 0.25) is 0 Å². The second-order valence-electron chi connectivity index (χ2n) is 3.29. The summed E-state index contributed by atoms with van der Waals surface area (Å²) < 4.78 is 5.69. The maximum Gasteiger partial charge on any atom is 0.0955 e. The van der Waals surface area contributed by atoms with E-state index >= 15 is 0 Å². The Labute approximate surface area is 87.2 Å². The molecule has 1 aromatic carbocycles. The Kier molecular flexibility index (Phi) is 2.70. The molecular weight excluding hydrogens is 228 g/mol. The van der Waals surface area contributed by atoms with Crippen molar-refractivity contribution >= 4 is 15.9 Å². The SMILES string of the molecule is CCO[C@H]1c2ccccc2C[C@@H]1Br. The molecule has 0 unspecified atom stereocenters. The number of rotatable bonds is 2. The van der Waals surface area contributed by atoms with Crippen molar-refractivity contribution in [2.24, 2.45) is 0 Å². The predicted octanol–water partition coefficient (Wildman–Crippen LogP) is 3.08. The molecule has 0 N–H and O–H groups in total. The molecule has 0 fully saturated rings. The maximum absolute atomic E-state index is 5.69. The summed E-state index contributed by atoms with van der Waals surface area (Å²) in [5, 5.41) is 0. The van der Waals surface area contributed by atoms with Crippen molar-refractivity contribution in [3.8, 4) is 0 Å². The van der Waals surface area contributed by atoms with Crippen LogP contribution >= 0.6 is 15.9 Å². The van der Waals surface area contributed by atoms with Gasteiger partial charge in [-0.3, -0.25) is 0 Å². The average molecular weight is 241 g/mol. The molecule has 0 amide bonds. The quantitative estimate of drug-likeness (QED) is 0.723. The van der Waals surface area contributed by atoms with Gasteiger partial charge in [0.05, 0.1) is 6.10 Å². The minimum Gasteiger partial charge on any atom is -0.373 e. The zero-order valence-electron chi connectivity index (χ0n) is 7.66. The van der Waals surface area contributed by atoms with E-state index < -0.39 is 0 Å². The highest BCUT2D eigenvalue weighted by Gasteiger charge is 2.30. The van der Waals surface area contributed by atoms with Crippen molar-refractivity contribution < 1.29 is 4.74 Å². The Bertz CT molecular complexity index is 298. The fourth-order valence-electron chi connectivity index (χ4n) is 1.88. The van der Waals surface area contributed by atoms with Gasteiger partial charge >= 0.3 is 0 Å². The minimum atomic E-state index is 0.251. The third kappa shape index (κ3) is 1.65. The van der Waals surface area contributed by atoms with Crippen LogP contribution < -0.4 is 0 Å². The zero-order valence-corrected chi connectivity index (χ0v) is 9.25. The Hall–Kier alpha value is -0.340. The second kappa shape index (κ2) is 3.81. The summed E-state index contributed by atoms with van der Waals surface area (Å²) in [6.07, 6.45) is 1.34. The normalized spacial score (nSPS) is 26.0. The highest BCUT2D eigenvalue weighted by atomic mass is 79.9. The summed E-state index contributed by atoms with van der Waals surface area (Å²) in [4.78, 5) is 0.449. The second-order valence-corrected chi connectivity index (χ2v) is 4.47. The van der Waals surface area contributed by atoms with Gasteiger partial charge < -0.3 is 4.74 Å². The van der Waals surface area contributed by atoms with Crippen LogP contribution in [-0.4, -0.2) is 11.4 Å². The summed E-state index contributed by atoms with van der Waals surface area (Å²) >= 11 is 3.66. The van der Waals surface area contributed by atoms with Crippen LogP contribution in [0.1, 0.15) is 24.2 Å². The summed E-state index contributed by atoms with van der Waals surface area (Å²) in [7, 11) is 0. The molecule has 0 radical (unpaired) electrons. The number of benzene rings is 1. The molecule has 13 heavy (non-hydrogen) atoms. The van der Waals surface area contributed by atoms with Gasteiger partial charge in [-0.05, 0) is 24.5 Å². The number of alkyl halides is 1. The van der Waals surface area contributed by atoms with Crippen LogP contribution in [0.3, 0.4) is 0 Å². The number of hydrogen-bond acceptors (Lipinski definition) is 1. The van der Waals surface area contributed by atoms with Gasteiger partial charge in [-0.25, -0.2) is 0 Å². The lowest BCUT2D eigenvalue weighted by atomic mass is 10.1. The fourth-order valence-corrected chi connectivity index (χ4v) is 2.67. The van der Waals surface area contributed by atoms with E-state index in [0.717, 1.165) is 13.0 Å². The highest BCUT2D eigenvalue weighted by molar-refractivity contribution is 9.09. The Balaban J connectivity index is 2.29. The first-order valence-corrected chi connectivity index (χ1v) is 5.58.